The zero-order valence-corrected chi connectivity index (χ0v) is 17.1. The lowest BCUT2D eigenvalue weighted by Gasteiger charge is -2.16. The Hall–Kier alpha value is -1.90. The number of nitrogens with one attached hydrogen (secondary N) is 2. The second-order valence-corrected chi connectivity index (χ2v) is 8.24. The Morgan fingerprint density at radius 1 is 1.23 bits per heavy atom. The lowest BCUT2D eigenvalue weighted by Crippen LogP contribution is -2.41. The first kappa shape index (κ1) is 20.4. The normalized spacial score (nSPS) is 12.5. The molecule has 0 bridgehead atoms. The van der Waals surface area contributed by atoms with E-state index in [9.17, 15) is 13.2 Å². The van der Waals surface area contributed by atoms with Crippen molar-refractivity contribution >= 4 is 37.5 Å². The second kappa shape index (κ2) is 8.66. The summed E-state index contributed by atoms with van der Waals surface area (Å²) < 4.78 is 33.6. The van der Waals surface area contributed by atoms with Crippen molar-refractivity contribution < 1.29 is 17.9 Å². The highest BCUT2D eigenvalue weighted by molar-refractivity contribution is 9.10. The van der Waals surface area contributed by atoms with Gasteiger partial charge in [-0.05, 0) is 72.6 Å². The fourth-order valence-corrected chi connectivity index (χ4v) is 3.94. The molecule has 8 heteroatoms. The van der Waals surface area contributed by atoms with Crippen LogP contribution in [0.2, 0.25) is 0 Å². The molecule has 0 fully saturated rings. The topological polar surface area (TPSA) is 84.5 Å². The molecule has 0 spiro atoms. The Morgan fingerprint density at radius 2 is 1.92 bits per heavy atom. The summed E-state index contributed by atoms with van der Waals surface area (Å²) in [6, 6.07) is 10.7. The minimum atomic E-state index is -3.84. The Bertz CT molecular complexity index is 900. The van der Waals surface area contributed by atoms with Gasteiger partial charge in [0.25, 0.3) is 0 Å². The van der Waals surface area contributed by atoms with Crippen LogP contribution in [0.5, 0.6) is 5.75 Å². The van der Waals surface area contributed by atoms with Crippen molar-refractivity contribution in [1.82, 2.24) is 4.72 Å². The molecule has 0 radical (unpaired) electrons. The summed E-state index contributed by atoms with van der Waals surface area (Å²) in [4.78, 5) is 12.4. The molecule has 0 aliphatic heterocycles. The minimum absolute atomic E-state index is 0.0824. The standard InChI is InChI=1S/C18H21BrN2O4S/c1-4-25-17-10-9-14(11-12(17)2)26(23,24)21-13(3)18(22)20-16-8-6-5-7-15(16)19/h5-11,13,21H,4H2,1-3H3,(H,20,22)/t13-/m0/s1. The molecule has 0 heterocycles. The van der Waals surface area contributed by atoms with Crippen LogP contribution in [0.25, 0.3) is 0 Å². The van der Waals surface area contributed by atoms with Gasteiger partial charge < -0.3 is 10.1 Å². The molecule has 2 aromatic carbocycles. The summed E-state index contributed by atoms with van der Waals surface area (Å²) in [7, 11) is -3.84. The predicted molar refractivity (Wildman–Crippen MR) is 105 cm³/mol. The number of carbonyl (C=O) groups is 1. The monoisotopic (exact) mass is 440 g/mol. The van der Waals surface area contributed by atoms with Crippen molar-refractivity contribution in [2.45, 2.75) is 31.7 Å². The van der Waals surface area contributed by atoms with Gasteiger partial charge in [0.15, 0.2) is 0 Å². The number of anilines is 1. The van der Waals surface area contributed by atoms with Crippen molar-refractivity contribution in [2.75, 3.05) is 11.9 Å². The Kier molecular flexibility index (Phi) is 6.80. The van der Waals surface area contributed by atoms with Gasteiger partial charge in [-0.3, -0.25) is 4.79 Å². The molecule has 1 atom stereocenters. The number of hydrogen-bond donors (Lipinski definition) is 2. The summed E-state index contributed by atoms with van der Waals surface area (Å²) in [6.07, 6.45) is 0. The maximum absolute atomic E-state index is 12.5. The van der Waals surface area contributed by atoms with Gasteiger partial charge in [-0.15, -0.1) is 0 Å². The smallest absolute Gasteiger partial charge is 0.242 e. The van der Waals surface area contributed by atoms with Gasteiger partial charge in [-0.1, -0.05) is 12.1 Å². The summed E-state index contributed by atoms with van der Waals surface area (Å²) in [6.45, 7) is 5.62. The third-order valence-corrected chi connectivity index (χ3v) is 5.84. The average Bonchev–Trinajstić information content (AvgIpc) is 2.58. The van der Waals surface area contributed by atoms with Crippen LogP contribution in [0.1, 0.15) is 19.4 Å². The summed E-state index contributed by atoms with van der Waals surface area (Å²) in [5.74, 6) is 0.175. The molecule has 0 aromatic heterocycles. The molecule has 0 aliphatic carbocycles. The summed E-state index contributed by atoms with van der Waals surface area (Å²) in [5.41, 5.74) is 1.28. The van der Waals surface area contributed by atoms with Crippen LogP contribution < -0.4 is 14.8 Å². The fourth-order valence-electron chi connectivity index (χ4n) is 2.26. The molecule has 2 aromatic rings. The fraction of sp³-hybridized carbons (Fsp3) is 0.278. The SMILES string of the molecule is CCOc1ccc(S(=O)(=O)N[C@@H](C)C(=O)Nc2ccccc2Br)cc1C. The lowest BCUT2D eigenvalue weighted by molar-refractivity contribution is -0.117. The van der Waals surface area contributed by atoms with Gasteiger partial charge >= 0.3 is 0 Å². The first-order valence-electron chi connectivity index (χ1n) is 8.05. The molecule has 26 heavy (non-hydrogen) atoms. The molecule has 0 aliphatic rings. The number of hydrogen-bond acceptors (Lipinski definition) is 4. The molecule has 1 amide bonds. The highest BCUT2D eigenvalue weighted by atomic mass is 79.9. The molecule has 140 valence electrons. The molecule has 0 saturated carbocycles. The lowest BCUT2D eigenvalue weighted by atomic mass is 10.2. The van der Waals surface area contributed by atoms with Crippen LogP contribution in [0.4, 0.5) is 5.69 Å². The molecule has 6 nitrogen and oxygen atoms in total. The van der Waals surface area contributed by atoms with Gasteiger partial charge in [0, 0.05) is 4.47 Å². The van der Waals surface area contributed by atoms with E-state index in [1.165, 1.54) is 19.1 Å². The second-order valence-electron chi connectivity index (χ2n) is 5.67. The molecule has 0 unspecified atom stereocenters. The summed E-state index contributed by atoms with van der Waals surface area (Å²) in [5, 5.41) is 2.69. The number of halogens is 1. The van der Waals surface area contributed by atoms with E-state index in [0.717, 1.165) is 0 Å². The highest BCUT2D eigenvalue weighted by Gasteiger charge is 2.23. The van der Waals surface area contributed by atoms with Crippen LogP contribution in [0.3, 0.4) is 0 Å². The zero-order chi connectivity index (χ0) is 19.3. The van der Waals surface area contributed by atoms with Crippen LogP contribution in [0, 0.1) is 6.92 Å². The maximum Gasteiger partial charge on any atom is 0.242 e. The summed E-state index contributed by atoms with van der Waals surface area (Å²) >= 11 is 3.33. The van der Waals surface area contributed by atoms with E-state index in [0.29, 0.717) is 28.1 Å². The molecule has 2 rings (SSSR count). The van der Waals surface area contributed by atoms with E-state index < -0.39 is 22.0 Å². The van der Waals surface area contributed by atoms with E-state index in [-0.39, 0.29) is 4.90 Å². The van der Waals surface area contributed by atoms with E-state index >= 15 is 0 Å². The maximum atomic E-state index is 12.5. The molecule has 0 saturated heterocycles. The van der Waals surface area contributed by atoms with Crippen molar-refractivity contribution in [3.05, 3.63) is 52.5 Å². The number of carbonyl (C=O) groups excluding carboxylic acids is 1. The minimum Gasteiger partial charge on any atom is -0.494 e. The van der Waals surface area contributed by atoms with Gasteiger partial charge in [0.2, 0.25) is 15.9 Å². The van der Waals surface area contributed by atoms with Gasteiger partial charge in [-0.25, -0.2) is 8.42 Å². The molecular weight excluding hydrogens is 420 g/mol. The van der Waals surface area contributed by atoms with Crippen LogP contribution in [0.15, 0.2) is 51.8 Å². The van der Waals surface area contributed by atoms with Gasteiger partial charge in [0.1, 0.15) is 5.75 Å². The number of amides is 1. The predicted octanol–water partition coefficient (Wildman–Crippen LogP) is 3.46. The third-order valence-electron chi connectivity index (χ3n) is 3.61. The number of benzene rings is 2. The van der Waals surface area contributed by atoms with E-state index in [1.54, 1.807) is 31.2 Å². The first-order chi connectivity index (χ1) is 12.2. The Morgan fingerprint density at radius 3 is 2.54 bits per heavy atom. The third kappa shape index (κ3) is 5.06. The first-order valence-corrected chi connectivity index (χ1v) is 10.3. The van der Waals surface area contributed by atoms with E-state index in [1.807, 2.05) is 13.0 Å². The molecular formula is C18H21BrN2O4S. The van der Waals surface area contributed by atoms with Crippen molar-refractivity contribution in [3.63, 3.8) is 0 Å². The molecule has 2 N–H and O–H groups in total. The largest absolute Gasteiger partial charge is 0.494 e. The quantitative estimate of drug-likeness (QED) is 0.690. The van der Waals surface area contributed by atoms with Crippen molar-refractivity contribution in [2.24, 2.45) is 0 Å². The zero-order valence-electron chi connectivity index (χ0n) is 14.7. The van der Waals surface area contributed by atoms with Gasteiger partial charge in [-0.2, -0.15) is 4.72 Å². The van der Waals surface area contributed by atoms with E-state index in [4.69, 9.17) is 4.74 Å². The number of sulfonamides is 1. The number of ether oxygens (including phenoxy) is 1. The van der Waals surface area contributed by atoms with Crippen LogP contribution >= 0.6 is 15.9 Å². The number of rotatable bonds is 7. The van der Waals surface area contributed by atoms with E-state index in [2.05, 4.69) is 26.0 Å². The van der Waals surface area contributed by atoms with Crippen molar-refractivity contribution in [3.8, 4) is 5.75 Å². The van der Waals surface area contributed by atoms with Gasteiger partial charge in [0.05, 0.1) is 23.2 Å². The van der Waals surface area contributed by atoms with Crippen LogP contribution in [-0.2, 0) is 14.8 Å². The Labute approximate surface area is 162 Å². The van der Waals surface area contributed by atoms with Crippen LogP contribution in [-0.4, -0.2) is 27.0 Å². The average molecular weight is 441 g/mol. The number of aryl methyl sites for hydroxylation is 1. The Balaban J connectivity index is 2.11. The number of para-hydroxylation sites is 1. The van der Waals surface area contributed by atoms with Crippen molar-refractivity contribution in [1.29, 1.82) is 0 Å². The highest BCUT2D eigenvalue weighted by Crippen LogP contribution is 2.23.